The van der Waals surface area contributed by atoms with Crippen LogP contribution in [0.1, 0.15) is 11.6 Å². The first-order valence-electron chi connectivity index (χ1n) is 10.4. The van der Waals surface area contributed by atoms with Crippen molar-refractivity contribution < 1.29 is 0 Å². The van der Waals surface area contributed by atoms with Gasteiger partial charge in [-0.05, 0) is 31.8 Å². The highest BCUT2D eigenvalue weighted by molar-refractivity contribution is 7.17. The first kappa shape index (κ1) is 20.3. The van der Waals surface area contributed by atoms with E-state index in [0.29, 0.717) is 13.1 Å². The minimum absolute atomic E-state index is 0.493. The second kappa shape index (κ2) is 8.86. The monoisotopic (exact) mass is 441 g/mol. The van der Waals surface area contributed by atoms with E-state index in [-0.39, 0.29) is 0 Å². The van der Waals surface area contributed by atoms with E-state index in [2.05, 4.69) is 50.1 Å². The van der Waals surface area contributed by atoms with Gasteiger partial charge in [-0.1, -0.05) is 48.5 Å². The zero-order valence-corrected chi connectivity index (χ0v) is 18.8. The van der Waals surface area contributed by atoms with E-state index in [0.717, 1.165) is 44.5 Å². The van der Waals surface area contributed by atoms with E-state index < -0.39 is 0 Å². The molecule has 8 heteroatoms. The Hall–Kier alpha value is -3.62. The summed E-state index contributed by atoms with van der Waals surface area (Å²) in [6.07, 6.45) is 1.74. The van der Waals surface area contributed by atoms with Gasteiger partial charge < -0.3 is 10.2 Å². The van der Waals surface area contributed by atoms with Gasteiger partial charge in [0.15, 0.2) is 5.82 Å². The third-order valence-electron chi connectivity index (χ3n) is 5.09. The smallest absolute Gasteiger partial charge is 0.156 e. The molecule has 0 unspecified atom stereocenters. The largest absolute Gasteiger partial charge is 0.362 e. The third kappa shape index (κ3) is 4.10. The molecule has 160 valence electrons. The number of hydrogen-bond donors (Lipinski definition) is 1. The molecule has 5 rings (SSSR count). The Morgan fingerprint density at radius 3 is 2.47 bits per heavy atom. The van der Waals surface area contributed by atoms with Gasteiger partial charge in [0.25, 0.3) is 0 Å². The fourth-order valence-corrected chi connectivity index (χ4v) is 4.61. The zero-order valence-electron chi connectivity index (χ0n) is 17.9. The number of hydrogen-bond acceptors (Lipinski definition) is 7. The van der Waals surface area contributed by atoms with Crippen LogP contribution in [0.2, 0.25) is 0 Å². The van der Waals surface area contributed by atoms with Crippen molar-refractivity contribution in [2.45, 2.75) is 13.1 Å². The summed E-state index contributed by atoms with van der Waals surface area (Å²) in [5.74, 6) is 2.42. The molecule has 0 amide bonds. The topological polar surface area (TPSA) is 71.8 Å². The van der Waals surface area contributed by atoms with Gasteiger partial charge in [-0.3, -0.25) is 4.57 Å². The number of nitrogens with zero attached hydrogens (tertiary/aromatic N) is 6. The molecule has 0 aliphatic rings. The van der Waals surface area contributed by atoms with Gasteiger partial charge in [0.05, 0.1) is 18.5 Å². The Balaban J connectivity index is 1.54. The summed E-state index contributed by atoms with van der Waals surface area (Å²) in [6.45, 7) is 1.16. The van der Waals surface area contributed by atoms with E-state index in [4.69, 9.17) is 9.97 Å². The summed E-state index contributed by atoms with van der Waals surface area (Å²) in [7, 11) is 4.04. The fourth-order valence-electron chi connectivity index (χ4n) is 3.64. The third-order valence-corrected chi connectivity index (χ3v) is 5.96. The number of nitrogens with one attached hydrogen (secondary N) is 1. The molecular formula is C24H23N7S. The van der Waals surface area contributed by atoms with E-state index in [1.165, 1.54) is 0 Å². The van der Waals surface area contributed by atoms with Gasteiger partial charge in [0.2, 0.25) is 0 Å². The van der Waals surface area contributed by atoms with E-state index in [9.17, 15) is 0 Å². The standard InChI is InChI=1S/C24H23N7S/c1-30(2)14-20-27-23(22-19(15-32-24(22)28-20)17-9-5-3-6-10-17)25-13-21-29-26-16-31(21)18-11-7-4-8-12-18/h3-12,15-16H,13-14H2,1-2H3,(H,25,27,28). The molecule has 0 bridgehead atoms. The second-order valence-electron chi connectivity index (χ2n) is 7.73. The van der Waals surface area contributed by atoms with Crippen LogP contribution in [-0.4, -0.2) is 43.7 Å². The zero-order chi connectivity index (χ0) is 21.9. The minimum atomic E-state index is 0.493. The van der Waals surface area contributed by atoms with Crippen molar-refractivity contribution in [1.82, 2.24) is 29.6 Å². The predicted molar refractivity (Wildman–Crippen MR) is 129 cm³/mol. The molecule has 0 fully saturated rings. The van der Waals surface area contributed by atoms with E-state index >= 15 is 0 Å². The highest BCUT2D eigenvalue weighted by Gasteiger charge is 2.16. The summed E-state index contributed by atoms with van der Waals surface area (Å²) < 4.78 is 1.98. The van der Waals surface area contributed by atoms with Crippen LogP contribution in [0.3, 0.4) is 0 Å². The molecule has 2 aromatic carbocycles. The van der Waals surface area contributed by atoms with Crippen molar-refractivity contribution in [1.29, 1.82) is 0 Å². The molecule has 1 N–H and O–H groups in total. The average Bonchev–Trinajstić information content (AvgIpc) is 3.45. The summed E-state index contributed by atoms with van der Waals surface area (Å²) in [6, 6.07) is 20.4. The number of benzene rings is 2. The van der Waals surface area contributed by atoms with Gasteiger partial charge in [0, 0.05) is 16.6 Å². The maximum absolute atomic E-state index is 4.89. The normalized spacial score (nSPS) is 11.3. The van der Waals surface area contributed by atoms with Gasteiger partial charge in [-0.2, -0.15) is 0 Å². The number of para-hydroxylation sites is 1. The summed E-state index contributed by atoms with van der Waals surface area (Å²) in [4.78, 5) is 12.8. The predicted octanol–water partition coefficient (Wildman–Crippen LogP) is 4.61. The molecule has 0 aliphatic heterocycles. The lowest BCUT2D eigenvalue weighted by atomic mass is 10.1. The van der Waals surface area contributed by atoms with Gasteiger partial charge >= 0.3 is 0 Å². The number of aromatic nitrogens is 5. The Kier molecular flexibility index (Phi) is 5.62. The van der Waals surface area contributed by atoms with Crippen LogP contribution < -0.4 is 5.32 Å². The van der Waals surface area contributed by atoms with Crippen molar-refractivity contribution in [3.8, 4) is 16.8 Å². The average molecular weight is 442 g/mol. The summed E-state index contributed by atoms with van der Waals surface area (Å²) >= 11 is 1.64. The lowest BCUT2D eigenvalue weighted by Crippen LogP contribution is -2.15. The molecule has 0 atom stereocenters. The molecule has 0 saturated heterocycles. The quantitative estimate of drug-likeness (QED) is 0.398. The molecule has 0 spiro atoms. The molecule has 32 heavy (non-hydrogen) atoms. The maximum atomic E-state index is 4.89. The summed E-state index contributed by atoms with van der Waals surface area (Å²) in [5, 5.41) is 15.2. The molecule has 3 heterocycles. The summed E-state index contributed by atoms with van der Waals surface area (Å²) in [5.41, 5.74) is 3.31. The van der Waals surface area contributed by atoms with Crippen molar-refractivity contribution >= 4 is 27.4 Å². The Labute approximate surface area is 190 Å². The van der Waals surface area contributed by atoms with Crippen molar-refractivity contribution in [3.05, 3.63) is 84.0 Å². The van der Waals surface area contributed by atoms with Crippen LogP contribution in [0.15, 0.2) is 72.4 Å². The van der Waals surface area contributed by atoms with Gasteiger partial charge in [0.1, 0.15) is 22.8 Å². The van der Waals surface area contributed by atoms with Crippen molar-refractivity contribution in [3.63, 3.8) is 0 Å². The first-order chi connectivity index (χ1) is 15.7. The number of anilines is 1. The van der Waals surface area contributed by atoms with Gasteiger partial charge in [-0.15, -0.1) is 21.5 Å². The van der Waals surface area contributed by atoms with Crippen LogP contribution >= 0.6 is 11.3 Å². The van der Waals surface area contributed by atoms with Crippen LogP contribution in [-0.2, 0) is 13.1 Å². The first-order valence-corrected chi connectivity index (χ1v) is 11.2. The highest BCUT2D eigenvalue weighted by atomic mass is 32.1. The molecule has 0 saturated carbocycles. The van der Waals surface area contributed by atoms with Crippen LogP contribution in [0.5, 0.6) is 0 Å². The fraction of sp³-hybridized carbons (Fsp3) is 0.167. The molecule has 5 aromatic rings. The Morgan fingerprint density at radius 2 is 1.72 bits per heavy atom. The molecule has 7 nitrogen and oxygen atoms in total. The minimum Gasteiger partial charge on any atom is -0.362 e. The lowest BCUT2D eigenvalue weighted by molar-refractivity contribution is 0.391. The van der Waals surface area contributed by atoms with Gasteiger partial charge in [-0.25, -0.2) is 9.97 Å². The Bertz CT molecular complexity index is 1330. The van der Waals surface area contributed by atoms with E-state index in [1.807, 2.05) is 55.1 Å². The maximum Gasteiger partial charge on any atom is 0.156 e. The number of thiophene rings is 1. The van der Waals surface area contributed by atoms with Crippen molar-refractivity contribution in [2.24, 2.45) is 0 Å². The van der Waals surface area contributed by atoms with Crippen LogP contribution in [0, 0.1) is 0 Å². The molecule has 3 aromatic heterocycles. The second-order valence-corrected chi connectivity index (χ2v) is 8.59. The number of fused-ring (bicyclic) bond motifs is 1. The number of rotatable bonds is 7. The SMILES string of the molecule is CN(C)Cc1nc(NCc2nncn2-c2ccccc2)c2c(-c3ccccc3)csc2n1. The van der Waals surface area contributed by atoms with E-state index in [1.54, 1.807) is 17.7 Å². The van der Waals surface area contributed by atoms with Crippen molar-refractivity contribution in [2.75, 3.05) is 19.4 Å². The molecular weight excluding hydrogens is 418 g/mol. The van der Waals surface area contributed by atoms with Crippen LogP contribution in [0.25, 0.3) is 27.0 Å². The Morgan fingerprint density at radius 1 is 0.969 bits per heavy atom. The highest BCUT2D eigenvalue weighted by Crippen LogP contribution is 2.37. The lowest BCUT2D eigenvalue weighted by Gasteiger charge is -2.13. The molecule has 0 aliphatic carbocycles. The molecule has 0 radical (unpaired) electrons. The van der Waals surface area contributed by atoms with Crippen LogP contribution in [0.4, 0.5) is 5.82 Å².